The van der Waals surface area contributed by atoms with Crippen LogP contribution in [0.5, 0.6) is 0 Å². The van der Waals surface area contributed by atoms with Crippen LogP contribution in [0.25, 0.3) is 0 Å². The van der Waals surface area contributed by atoms with E-state index in [4.69, 9.17) is 4.31 Å². The van der Waals surface area contributed by atoms with E-state index >= 15 is 0 Å². The Labute approximate surface area is 119 Å². The highest BCUT2D eigenvalue weighted by Gasteiger charge is 2.26. The van der Waals surface area contributed by atoms with Crippen molar-refractivity contribution in [3.05, 3.63) is 0 Å². The second kappa shape index (κ2) is 10.2. The van der Waals surface area contributed by atoms with Gasteiger partial charge in [0.25, 0.3) is 0 Å². The number of unbranched alkanes of at least 4 members (excludes halogenated alkanes) is 6. The third-order valence-corrected chi connectivity index (χ3v) is 8.20. The molecule has 0 saturated heterocycles. The number of rotatable bonds is 12. The summed E-state index contributed by atoms with van der Waals surface area (Å²) in [7, 11) is -5.35. The van der Waals surface area contributed by atoms with Crippen molar-refractivity contribution in [2.75, 3.05) is 25.7 Å². The minimum absolute atomic E-state index is 0.569. The van der Waals surface area contributed by atoms with Crippen molar-refractivity contribution in [3.63, 3.8) is 0 Å². The van der Waals surface area contributed by atoms with Gasteiger partial charge in [-0.1, -0.05) is 52.4 Å². The maximum absolute atomic E-state index is 12.3. The normalized spacial score (nSPS) is 17.9. The van der Waals surface area contributed by atoms with Gasteiger partial charge >= 0.3 is 0 Å². The van der Waals surface area contributed by atoms with Crippen LogP contribution in [-0.2, 0) is 13.4 Å². The van der Waals surface area contributed by atoms with Crippen LogP contribution in [0.1, 0.15) is 65.2 Å². The largest absolute Gasteiger partial charge is 0.293 e. The topological polar surface area (TPSA) is 43.4 Å². The van der Waals surface area contributed by atoms with Crippen LogP contribution in [0.3, 0.4) is 0 Å². The molecule has 0 aliphatic carbocycles. The molecule has 19 heavy (non-hydrogen) atoms. The summed E-state index contributed by atoms with van der Waals surface area (Å²) in [6.07, 6.45) is 9.80. The summed E-state index contributed by atoms with van der Waals surface area (Å²) < 4.78 is 30.1. The summed E-state index contributed by atoms with van der Waals surface area (Å²) in [6, 6.07) is 0. The highest BCUT2D eigenvalue weighted by molar-refractivity contribution is 7.71. The first-order valence-corrected chi connectivity index (χ1v) is 12.2. The fraction of sp³-hybridized carbons (Fsp3) is 1.00. The average Bonchev–Trinajstić information content (AvgIpc) is 2.29. The Kier molecular flexibility index (Phi) is 10.4. The maximum Gasteiger partial charge on any atom is 0.205 e. The number of hydrogen-bond acceptors (Lipinski definition) is 3. The Hall–Kier alpha value is 0.420. The van der Waals surface area contributed by atoms with E-state index in [1.807, 2.05) is 0 Å². The van der Waals surface area contributed by atoms with Gasteiger partial charge in [0.2, 0.25) is 14.7 Å². The molecule has 0 aromatic heterocycles. The molecule has 2 atom stereocenters. The molecular formula is C14H32O3P2. The van der Waals surface area contributed by atoms with Gasteiger partial charge in [0, 0.05) is 25.7 Å². The quantitative estimate of drug-likeness (QED) is 0.329. The fourth-order valence-electron chi connectivity index (χ4n) is 2.10. The molecule has 3 nitrogen and oxygen atoms in total. The molecule has 0 N–H and O–H groups in total. The van der Waals surface area contributed by atoms with E-state index in [1.54, 1.807) is 13.3 Å². The molecule has 0 bridgehead atoms. The zero-order valence-corrected chi connectivity index (χ0v) is 15.0. The van der Waals surface area contributed by atoms with Crippen molar-refractivity contribution in [1.82, 2.24) is 0 Å². The summed E-state index contributed by atoms with van der Waals surface area (Å²) in [5.74, 6) is 0. The van der Waals surface area contributed by atoms with Crippen molar-refractivity contribution in [2.24, 2.45) is 0 Å². The van der Waals surface area contributed by atoms with Gasteiger partial charge in [-0.2, -0.15) is 0 Å². The second-order valence-electron chi connectivity index (χ2n) is 5.68. The lowest BCUT2D eigenvalue weighted by Crippen LogP contribution is -1.97. The molecule has 5 heteroatoms. The summed E-state index contributed by atoms with van der Waals surface area (Å²) in [4.78, 5) is 0. The smallest absolute Gasteiger partial charge is 0.205 e. The molecule has 2 unspecified atom stereocenters. The van der Waals surface area contributed by atoms with Gasteiger partial charge in [-0.15, -0.1) is 0 Å². The lowest BCUT2D eigenvalue weighted by atomic mass is 10.2. The highest BCUT2D eigenvalue weighted by Crippen LogP contribution is 2.60. The predicted octanol–water partition coefficient (Wildman–Crippen LogP) is 5.98. The molecule has 0 spiro atoms. The Morgan fingerprint density at radius 2 is 1.05 bits per heavy atom. The van der Waals surface area contributed by atoms with Crippen LogP contribution in [0.15, 0.2) is 0 Å². The van der Waals surface area contributed by atoms with Gasteiger partial charge in [0.15, 0.2) is 0 Å². The number of hydrogen-bond donors (Lipinski definition) is 0. The van der Waals surface area contributed by atoms with Crippen LogP contribution < -0.4 is 0 Å². The van der Waals surface area contributed by atoms with Crippen LogP contribution >= 0.6 is 14.7 Å². The van der Waals surface area contributed by atoms with Crippen LogP contribution in [-0.4, -0.2) is 25.7 Å². The molecule has 0 aromatic carbocycles. The molecule has 0 saturated carbocycles. The van der Waals surface area contributed by atoms with E-state index in [0.29, 0.717) is 12.3 Å². The summed E-state index contributed by atoms with van der Waals surface area (Å²) in [6.45, 7) is 7.58. The van der Waals surface area contributed by atoms with Crippen molar-refractivity contribution >= 4 is 14.7 Å². The Morgan fingerprint density at radius 1 is 0.684 bits per heavy atom. The van der Waals surface area contributed by atoms with E-state index in [0.717, 1.165) is 25.7 Å². The molecule has 0 aliphatic rings. The molecule has 0 aliphatic heterocycles. The van der Waals surface area contributed by atoms with E-state index in [-0.39, 0.29) is 0 Å². The summed E-state index contributed by atoms with van der Waals surface area (Å²) in [5, 5.41) is 0. The molecule has 116 valence electrons. The highest BCUT2D eigenvalue weighted by atomic mass is 31.2. The molecule has 0 amide bonds. The summed E-state index contributed by atoms with van der Waals surface area (Å²) >= 11 is 0. The Morgan fingerprint density at radius 3 is 1.37 bits per heavy atom. The van der Waals surface area contributed by atoms with E-state index in [2.05, 4.69) is 13.8 Å². The Bertz CT molecular complexity index is 286. The standard InChI is InChI=1S/C14H32O3P2/c1-5-7-9-11-13-18(3,15)17-19(4,16)14-12-10-8-6-2/h5-14H2,1-4H3. The maximum atomic E-state index is 12.3. The summed E-state index contributed by atoms with van der Waals surface area (Å²) in [5.41, 5.74) is 0. The molecule has 0 aromatic rings. The zero-order valence-electron chi connectivity index (χ0n) is 13.2. The van der Waals surface area contributed by atoms with Crippen molar-refractivity contribution in [1.29, 1.82) is 0 Å². The molecule has 0 rings (SSSR count). The predicted molar refractivity (Wildman–Crippen MR) is 86.2 cm³/mol. The third-order valence-electron chi connectivity index (χ3n) is 3.18. The monoisotopic (exact) mass is 310 g/mol. The van der Waals surface area contributed by atoms with Gasteiger partial charge in [-0.25, -0.2) is 0 Å². The minimum Gasteiger partial charge on any atom is -0.293 e. The molecule has 0 fully saturated rings. The van der Waals surface area contributed by atoms with Crippen LogP contribution in [0, 0.1) is 0 Å². The fourth-order valence-corrected chi connectivity index (χ4v) is 7.27. The minimum atomic E-state index is -2.67. The zero-order chi connectivity index (χ0) is 14.8. The lowest BCUT2D eigenvalue weighted by molar-refractivity contribution is 0.460. The van der Waals surface area contributed by atoms with E-state index < -0.39 is 14.7 Å². The van der Waals surface area contributed by atoms with Crippen molar-refractivity contribution in [3.8, 4) is 0 Å². The van der Waals surface area contributed by atoms with Gasteiger partial charge in [0.05, 0.1) is 0 Å². The van der Waals surface area contributed by atoms with Crippen molar-refractivity contribution < 1.29 is 13.4 Å². The first kappa shape index (κ1) is 19.4. The van der Waals surface area contributed by atoms with Crippen LogP contribution in [0.4, 0.5) is 0 Å². The van der Waals surface area contributed by atoms with E-state index in [9.17, 15) is 9.13 Å². The van der Waals surface area contributed by atoms with Crippen molar-refractivity contribution in [2.45, 2.75) is 65.2 Å². The third kappa shape index (κ3) is 11.9. The van der Waals surface area contributed by atoms with E-state index in [1.165, 1.54) is 25.7 Å². The molecule has 0 radical (unpaired) electrons. The SMILES string of the molecule is CCCCCCP(C)(=O)OP(C)(=O)CCCCCC. The Balaban J connectivity index is 4.01. The van der Waals surface area contributed by atoms with Gasteiger partial charge in [-0.3, -0.25) is 13.4 Å². The first-order chi connectivity index (χ1) is 8.83. The second-order valence-corrected chi connectivity index (χ2v) is 11.3. The van der Waals surface area contributed by atoms with Gasteiger partial charge < -0.3 is 0 Å². The van der Waals surface area contributed by atoms with Crippen LogP contribution in [0.2, 0.25) is 0 Å². The molecular weight excluding hydrogens is 278 g/mol. The van der Waals surface area contributed by atoms with Gasteiger partial charge in [-0.05, 0) is 12.8 Å². The lowest BCUT2D eigenvalue weighted by Gasteiger charge is -2.19. The average molecular weight is 310 g/mol. The molecule has 0 heterocycles. The first-order valence-electron chi connectivity index (χ1n) is 7.67. The van der Waals surface area contributed by atoms with Gasteiger partial charge in [0.1, 0.15) is 0 Å².